The molecule has 78 valence electrons. The second-order valence-corrected chi connectivity index (χ2v) is 3.18. The van der Waals surface area contributed by atoms with Crippen molar-refractivity contribution in [1.29, 1.82) is 0 Å². The number of aliphatic hydroxyl groups is 1. The first-order valence-corrected chi connectivity index (χ1v) is 4.68. The van der Waals surface area contributed by atoms with E-state index in [0.717, 1.165) is 12.2 Å². The summed E-state index contributed by atoms with van der Waals surface area (Å²) in [7, 11) is 0. The van der Waals surface area contributed by atoms with E-state index in [1.165, 1.54) is 0 Å². The van der Waals surface area contributed by atoms with Gasteiger partial charge in [-0.15, -0.1) is 0 Å². The normalized spacial score (nSPS) is 12.5. The SMILES string of the molecule is CCc1ccc(C(=O)NCC(C)O)o1. The van der Waals surface area contributed by atoms with Gasteiger partial charge < -0.3 is 14.8 Å². The minimum atomic E-state index is -0.542. The zero-order valence-corrected chi connectivity index (χ0v) is 8.41. The highest BCUT2D eigenvalue weighted by Crippen LogP contribution is 2.07. The minimum absolute atomic E-state index is 0.237. The van der Waals surface area contributed by atoms with Crippen LogP contribution in [0.15, 0.2) is 16.5 Å². The second-order valence-electron chi connectivity index (χ2n) is 3.18. The molecule has 0 saturated carbocycles. The molecular formula is C10H15NO3. The molecule has 4 nitrogen and oxygen atoms in total. The monoisotopic (exact) mass is 197 g/mol. The summed E-state index contributed by atoms with van der Waals surface area (Å²) in [6, 6.07) is 3.41. The van der Waals surface area contributed by atoms with Gasteiger partial charge in [0.25, 0.3) is 5.91 Å². The number of carbonyl (C=O) groups is 1. The van der Waals surface area contributed by atoms with Crippen LogP contribution in [0.4, 0.5) is 0 Å². The van der Waals surface area contributed by atoms with Crippen molar-refractivity contribution in [2.24, 2.45) is 0 Å². The summed E-state index contributed by atoms with van der Waals surface area (Å²) < 4.78 is 5.23. The molecule has 1 aromatic heterocycles. The van der Waals surface area contributed by atoms with E-state index in [0.29, 0.717) is 5.76 Å². The number of furan rings is 1. The minimum Gasteiger partial charge on any atom is -0.456 e. The number of amides is 1. The number of hydrogen-bond donors (Lipinski definition) is 2. The summed E-state index contributed by atoms with van der Waals surface area (Å²) in [5, 5.41) is 11.5. The van der Waals surface area contributed by atoms with Gasteiger partial charge in [-0.25, -0.2) is 0 Å². The highest BCUT2D eigenvalue weighted by atomic mass is 16.3. The van der Waals surface area contributed by atoms with E-state index in [-0.39, 0.29) is 12.5 Å². The fraction of sp³-hybridized carbons (Fsp3) is 0.500. The van der Waals surface area contributed by atoms with Crippen molar-refractivity contribution in [3.8, 4) is 0 Å². The first kappa shape index (κ1) is 10.8. The molecule has 0 aliphatic rings. The molecule has 1 amide bonds. The van der Waals surface area contributed by atoms with Gasteiger partial charge in [-0.05, 0) is 19.1 Å². The Kier molecular flexibility index (Phi) is 3.71. The van der Waals surface area contributed by atoms with Crippen molar-refractivity contribution in [3.63, 3.8) is 0 Å². The van der Waals surface area contributed by atoms with E-state index in [4.69, 9.17) is 9.52 Å². The molecule has 2 N–H and O–H groups in total. The quantitative estimate of drug-likeness (QED) is 0.755. The Labute approximate surface area is 82.9 Å². The molecule has 0 spiro atoms. The van der Waals surface area contributed by atoms with Gasteiger partial charge in [0.2, 0.25) is 0 Å². The van der Waals surface area contributed by atoms with Crippen LogP contribution in [0.3, 0.4) is 0 Å². The largest absolute Gasteiger partial charge is 0.456 e. The molecule has 4 heteroatoms. The van der Waals surface area contributed by atoms with Gasteiger partial charge in [0.15, 0.2) is 5.76 Å². The van der Waals surface area contributed by atoms with Crippen LogP contribution in [-0.2, 0) is 6.42 Å². The third kappa shape index (κ3) is 2.88. The Balaban J connectivity index is 2.52. The first-order valence-electron chi connectivity index (χ1n) is 4.68. The highest BCUT2D eigenvalue weighted by molar-refractivity contribution is 5.91. The molecule has 0 saturated heterocycles. The molecule has 0 radical (unpaired) electrons. The molecule has 1 rings (SSSR count). The number of carbonyl (C=O) groups excluding carboxylic acids is 1. The van der Waals surface area contributed by atoms with Crippen LogP contribution in [-0.4, -0.2) is 23.7 Å². The van der Waals surface area contributed by atoms with E-state index in [1.807, 2.05) is 6.92 Å². The number of aliphatic hydroxyl groups excluding tert-OH is 1. The summed E-state index contributed by atoms with van der Waals surface area (Å²) in [5.74, 6) is 0.792. The lowest BCUT2D eigenvalue weighted by molar-refractivity contribution is 0.0895. The average molecular weight is 197 g/mol. The Morgan fingerprint density at radius 2 is 2.36 bits per heavy atom. The average Bonchev–Trinajstić information content (AvgIpc) is 2.62. The third-order valence-corrected chi connectivity index (χ3v) is 1.79. The van der Waals surface area contributed by atoms with Crippen LogP contribution in [0.25, 0.3) is 0 Å². The van der Waals surface area contributed by atoms with Crippen molar-refractivity contribution in [3.05, 3.63) is 23.7 Å². The Bertz CT molecular complexity index is 304. The molecule has 1 atom stereocenters. The van der Waals surface area contributed by atoms with Crippen molar-refractivity contribution in [2.75, 3.05) is 6.54 Å². The molecule has 0 fully saturated rings. The van der Waals surface area contributed by atoms with Crippen molar-refractivity contribution in [2.45, 2.75) is 26.4 Å². The van der Waals surface area contributed by atoms with Gasteiger partial charge in [-0.2, -0.15) is 0 Å². The highest BCUT2D eigenvalue weighted by Gasteiger charge is 2.10. The van der Waals surface area contributed by atoms with Gasteiger partial charge in [0.05, 0.1) is 6.10 Å². The molecule has 1 unspecified atom stereocenters. The smallest absolute Gasteiger partial charge is 0.287 e. The molecule has 0 bridgehead atoms. The van der Waals surface area contributed by atoms with Crippen LogP contribution < -0.4 is 5.32 Å². The lowest BCUT2D eigenvalue weighted by atomic mass is 10.3. The maximum atomic E-state index is 11.4. The van der Waals surface area contributed by atoms with Gasteiger partial charge in [0.1, 0.15) is 5.76 Å². The van der Waals surface area contributed by atoms with Crippen LogP contribution >= 0.6 is 0 Å². The fourth-order valence-corrected chi connectivity index (χ4v) is 1.02. The zero-order chi connectivity index (χ0) is 10.6. The second kappa shape index (κ2) is 4.81. The van der Waals surface area contributed by atoms with E-state index < -0.39 is 6.10 Å². The van der Waals surface area contributed by atoms with E-state index >= 15 is 0 Å². The molecule has 1 aromatic rings. The predicted molar refractivity (Wildman–Crippen MR) is 52.1 cm³/mol. The predicted octanol–water partition coefficient (Wildman–Crippen LogP) is 0.953. The molecule has 1 heterocycles. The lowest BCUT2D eigenvalue weighted by Gasteiger charge is -2.04. The summed E-state index contributed by atoms with van der Waals surface area (Å²) in [6.45, 7) is 3.80. The summed E-state index contributed by atoms with van der Waals surface area (Å²) in [5.41, 5.74) is 0. The number of nitrogens with one attached hydrogen (secondary N) is 1. The van der Waals surface area contributed by atoms with Crippen molar-refractivity contribution < 1.29 is 14.3 Å². The molecular weight excluding hydrogens is 182 g/mol. The van der Waals surface area contributed by atoms with Crippen molar-refractivity contribution in [1.82, 2.24) is 5.32 Å². The molecule has 0 aliphatic carbocycles. The Hall–Kier alpha value is -1.29. The van der Waals surface area contributed by atoms with Crippen LogP contribution in [0.2, 0.25) is 0 Å². The Morgan fingerprint density at radius 1 is 1.64 bits per heavy atom. The van der Waals surface area contributed by atoms with Crippen LogP contribution in [0.1, 0.15) is 30.2 Å². The van der Waals surface area contributed by atoms with E-state index in [2.05, 4.69) is 5.32 Å². The number of aryl methyl sites for hydroxylation is 1. The van der Waals surface area contributed by atoms with Crippen LogP contribution in [0.5, 0.6) is 0 Å². The summed E-state index contributed by atoms with van der Waals surface area (Å²) in [6.07, 6.45) is 0.225. The first-order chi connectivity index (χ1) is 6.63. The number of rotatable bonds is 4. The molecule has 0 aliphatic heterocycles. The number of hydrogen-bond acceptors (Lipinski definition) is 3. The van der Waals surface area contributed by atoms with Gasteiger partial charge in [-0.3, -0.25) is 4.79 Å². The maximum Gasteiger partial charge on any atom is 0.287 e. The Morgan fingerprint density at radius 3 is 2.86 bits per heavy atom. The van der Waals surface area contributed by atoms with Gasteiger partial charge in [0, 0.05) is 13.0 Å². The summed E-state index contributed by atoms with van der Waals surface area (Å²) in [4.78, 5) is 11.4. The van der Waals surface area contributed by atoms with Crippen molar-refractivity contribution >= 4 is 5.91 Å². The third-order valence-electron chi connectivity index (χ3n) is 1.79. The topological polar surface area (TPSA) is 62.5 Å². The molecule has 0 aromatic carbocycles. The van der Waals surface area contributed by atoms with Gasteiger partial charge >= 0.3 is 0 Å². The lowest BCUT2D eigenvalue weighted by Crippen LogP contribution is -2.30. The van der Waals surface area contributed by atoms with Crippen LogP contribution in [0, 0.1) is 0 Å². The van der Waals surface area contributed by atoms with E-state index in [1.54, 1.807) is 19.1 Å². The van der Waals surface area contributed by atoms with Gasteiger partial charge in [-0.1, -0.05) is 6.92 Å². The zero-order valence-electron chi connectivity index (χ0n) is 8.41. The fourth-order valence-electron chi connectivity index (χ4n) is 1.02. The standard InChI is InChI=1S/C10H15NO3/c1-3-8-4-5-9(14-8)10(13)11-6-7(2)12/h4-5,7,12H,3,6H2,1-2H3,(H,11,13). The summed E-state index contributed by atoms with van der Waals surface area (Å²) >= 11 is 0. The molecule has 14 heavy (non-hydrogen) atoms. The van der Waals surface area contributed by atoms with E-state index in [9.17, 15) is 4.79 Å². The maximum absolute atomic E-state index is 11.4.